The van der Waals surface area contributed by atoms with Crippen LogP contribution < -0.4 is 10.5 Å². The Morgan fingerprint density at radius 3 is 2.43 bits per heavy atom. The van der Waals surface area contributed by atoms with Gasteiger partial charge in [0.05, 0.1) is 6.10 Å². The van der Waals surface area contributed by atoms with Crippen molar-refractivity contribution in [2.45, 2.75) is 20.0 Å². The van der Waals surface area contributed by atoms with Gasteiger partial charge in [0.2, 0.25) is 5.91 Å². The zero-order valence-corrected chi connectivity index (χ0v) is 11.8. The second-order valence-corrected chi connectivity index (χ2v) is 4.81. The Labute approximate surface area is 122 Å². The van der Waals surface area contributed by atoms with E-state index in [4.69, 9.17) is 10.5 Å². The smallest absolute Gasteiger partial charge is 0.248 e. The quantitative estimate of drug-likeness (QED) is 0.908. The van der Waals surface area contributed by atoms with Gasteiger partial charge in [-0.05, 0) is 55.8 Å². The molecule has 0 fully saturated rings. The van der Waals surface area contributed by atoms with Gasteiger partial charge < -0.3 is 15.6 Å². The molecule has 0 aromatic heterocycles. The highest BCUT2D eigenvalue weighted by Gasteiger charge is 2.14. The minimum absolute atomic E-state index is 0.358. The van der Waals surface area contributed by atoms with Crippen LogP contribution in [0, 0.1) is 12.7 Å². The van der Waals surface area contributed by atoms with Crippen molar-refractivity contribution in [3.63, 3.8) is 0 Å². The Kier molecular flexibility index (Phi) is 4.23. The molecular weight excluding hydrogens is 273 g/mol. The summed E-state index contributed by atoms with van der Waals surface area (Å²) < 4.78 is 19.2. The molecule has 2 rings (SSSR count). The standard InChI is InChI=1S/C16H16FNO3/c1-9-7-15(13(10(2)19)8-14(9)17)21-12-5-3-11(4-6-12)16(18)20/h3-8,10,19H,1-2H3,(H2,18,20)/t10-/m1/s1. The lowest BCUT2D eigenvalue weighted by atomic mass is 10.1. The van der Waals surface area contributed by atoms with Crippen LogP contribution in [0.15, 0.2) is 36.4 Å². The molecule has 110 valence electrons. The zero-order valence-electron chi connectivity index (χ0n) is 11.8. The van der Waals surface area contributed by atoms with Crippen molar-refractivity contribution in [1.29, 1.82) is 0 Å². The lowest BCUT2D eigenvalue weighted by molar-refractivity contribution is 0.100. The molecule has 5 heteroatoms. The number of hydrogen-bond donors (Lipinski definition) is 2. The molecule has 0 saturated carbocycles. The average molecular weight is 289 g/mol. The minimum Gasteiger partial charge on any atom is -0.457 e. The van der Waals surface area contributed by atoms with Crippen LogP contribution in [0.5, 0.6) is 11.5 Å². The van der Waals surface area contributed by atoms with Crippen LogP contribution in [0.4, 0.5) is 4.39 Å². The van der Waals surface area contributed by atoms with E-state index in [1.807, 2.05) is 0 Å². The summed E-state index contributed by atoms with van der Waals surface area (Å²) in [5.74, 6) is -0.0881. The molecule has 0 aliphatic heterocycles. The van der Waals surface area contributed by atoms with Crippen LogP contribution in [-0.4, -0.2) is 11.0 Å². The van der Waals surface area contributed by atoms with E-state index in [1.165, 1.54) is 31.2 Å². The largest absolute Gasteiger partial charge is 0.457 e. The van der Waals surface area contributed by atoms with Crippen LogP contribution in [0.3, 0.4) is 0 Å². The maximum Gasteiger partial charge on any atom is 0.248 e. The van der Waals surface area contributed by atoms with Crippen LogP contribution in [0.1, 0.15) is 34.5 Å². The SMILES string of the molecule is Cc1cc(Oc2ccc(C(N)=O)cc2)c([C@@H](C)O)cc1F. The molecule has 0 saturated heterocycles. The van der Waals surface area contributed by atoms with E-state index in [0.29, 0.717) is 28.2 Å². The first-order valence-corrected chi connectivity index (χ1v) is 6.44. The lowest BCUT2D eigenvalue weighted by Gasteiger charge is -2.14. The predicted molar refractivity (Wildman–Crippen MR) is 76.8 cm³/mol. The molecule has 0 aliphatic rings. The molecule has 3 N–H and O–H groups in total. The molecule has 0 heterocycles. The molecular formula is C16H16FNO3. The number of aliphatic hydroxyl groups excluding tert-OH is 1. The third kappa shape index (κ3) is 3.38. The van der Waals surface area contributed by atoms with Crippen molar-refractivity contribution >= 4 is 5.91 Å². The van der Waals surface area contributed by atoms with Gasteiger partial charge >= 0.3 is 0 Å². The number of aryl methyl sites for hydroxylation is 1. The number of halogens is 1. The van der Waals surface area contributed by atoms with Crippen LogP contribution in [-0.2, 0) is 0 Å². The summed E-state index contributed by atoms with van der Waals surface area (Å²) in [6.07, 6.45) is -0.861. The number of rotatable bonds is 4. The number of ether oxygens (including phenoxy) is 1. The Morgan fingerprint density at radius 1 is 1.29 bits per heavy atom. The highest BCUT2D eigenvalue weighted by molar-refractivity contribution is 5.92. The normalized spacial score (nSPS) is 12.0. The van der Waals surface area contributed by atoms with Gasteiger partial charge in [0.25, 0.3) is 0 Å². The van der Waals surface area contributed by atoms with Gasteiger partial charge in [-0.2, -0.15) is 0 Å². The Hall–Kier alpha value is -2.40. The van der Waals surface area contributed by atoms with Gasteiger partial charge in [0.15, 0.2) is 0 Å². The Bertz CT molecular complexity index is 666. The van der Waals surface area contributed by atoms with E-state index in [-0.39, 0.29) is 0 Å². The van der Waals surface area contributed by atoms with Gasteiger partial charge in [-0.25, -0.2) is 4.39 Å². The number of carbonyl (C=O) groups is 1. The van der Waals surface area contributed by atoms with E-state index in [2.05, 4.69) is 0 Å². The molecule has 0 aliphatic carbocycles. The molecule has 1 atom stereocenters. The number of nitrogens with two attached hydrogens (primary N) is 1. The van der Waals surface area contributed by atoms with Crippen LogP contribution in [0.25, 0.3) is 0 Å². The van der Waals surface area contributed by atoms with Gasteiger partial charge in [0, 0.05) is 11.1 Å². The molecule has 0 unspecified atom stereocenters. The Morgan fingerprint density at radius 2 is 1.90 bits per heavy atom. The third-order valence-electron chi connectivity index (χ3n) is 3.11. The highest BCUT2D eigenvalue weighted by Crippen LogP contribution is 2.32. The second-order valence-electron chi connectivity index (χ2n) is 4.81. The Balaban J connectivity index is 2.34. The van der Waals surface area contributed by atoms with Gasteiger partial charge in [-0.3, -0.25) is 4.79 Å². The number of hydrogen-bond acceptors (Lipinski definition) is 3. The second kappa shape index (κ2) is 5.93. The highest BCUT2D eigenvalue weighted by atomic mass is 19.1. The van der Waals surface area contributed by atoms with Gasteiger partial charge in [0.1, 0.15) is 17.3 Å². The average Bonchev–Trinajstić information content (AvgIpc) is 2.43. The fraction of sp³-hybridized carbons (Fsp3) is 0.188. The van der Waals surface area contributed by atoms with E-state index >= 15 is 0 Å². The van der Waals surface area contributed by atoms with Gasteiger partial charge in [-0.1, -0.05) is 0 Å². The monoisotopic (exact) mass is 289 g/mol. The summed E-state index contributed by atoms with van der Waals surface area (Å²) in [5, 5.41) is 9.71. The van der Waals surface area contributed by atoms with Crippen molar-refractivity contribution in [1.82, 2.24) is 0 Å². The van der Waals surface area contributed by atoms with Gasteiger partial charge in [-0.15, -0.1) is 0 Å². The van der Waals surface area contributed by atoms with Crippen LogP contribution in [0.2, 0.25) is 0 Å². The number of carbonyl (C=O) groups excluding carboxylic acids is 1. The van der Waals surface area contributed by atoms with Crippen molar-refractivity contribution in [3.05, 3.63) is 58.9 Å². The molecule has 1 amide bonds. The molecule has 2 aromatic carbocycles. The first-order valence-electron chi connectivity index (χ1n) is 6.44. The zero-order chi connectivity index (χ0) is 15.6. The van der Waals surface area contributed by atoms with Crippen molar-refractivity contribution < 1.29 is 19.0 Å². The first-order chi connectivity index (χ1) is 9.88. The number of aliphatic hydroxyl groups is 1. The summed E-state index contributed by atoms with van der Waals surface area (Å²) in [7, 11) is 0. The van der Waals surface area contributed by atoms with E-state index in [0.717, 1.165) is 0 Å². The van der Waals surface area contributed by atoms with Crippen molar-refractivity contribution in [2.24, 2.45) is 5.73 Å². The first kappa shape index (κ1) is 15.0. The molecule has 0 bridgehead atoms. The fourth-order valence-corrected chi connectivity index (χ4v) is 1.90. The van der Waals surface area contributed by atoms with E-state index in [1.54, 1.807) is 19.1 Å². The topological polar surface area (TPSA) is 72.5 Å². The molecule has 0 radical (unpaired) electrons. The summed E-state index contributed by atoms with van der Waals surface area (Å²) in [6, 6.07) is 9.04. The van der Waals surface area contributed by atoms with E-state index < -0.39 is 17.8 Å². The summed E-state index contributed by atoms with van der Waals surface area (Å²) in [5.41, 5.74) is 6.31. The minimum atomic E-state index is -0.861. The maximum absolute atomic E-state index is 13.6. The molecule has 2 aromatic rings. The molecule has 4 nitrogen and oxygen atoms in total. The summed E-state index contributed by atoms with van der Waals surface area (Å²) in [6.45, 7) is 3.15. The van der Waals surface area contributed by atoms with Crippen molar-refractivity contribution in [3.8, 4) is 11.5 Å². The third-order valence-corrected chi connectivity index (χ3v) is 3.11. The maximum atomic E-state index is 13.6. The van der Waals surface area contributed by atoms with Crippen molar-refractivity contribution in [2.75, 3.05) is 0 Å². The summed E-state index contributed by atoms with van der Waals surface area (Å²) >= 11 is 0. The van der Waals surface area contributed by atoms with Crippen LogP contribution >= 0.6 is 0 Å². The summed E-state index contributed by atoms with van der Waals surface area (Å²) in [4.78, 5) is 11.0. The number of amides is 1. The molecule has 0 spiro atoms. The number of benzene rings is 2. The predicted octanol–water partition coefficient (Wildman–Crippen LogP) is 3.08. The fourth-order valence-electron chi connectivity index (χ4n) is 1.90. The molecule has 21 heavy (non-hydrogen) atoms. The number of primary amides is 1. The lowest BCUT2D eigenvalue weighted by Crippen LogP contribution is -2.10. The van der Waals surface area contributed by atoms with E-state index in [9.17, 15) is 14.3 Å².